The van der Waals surface area contributed by atoms with Crippen LogP contribution in [0.1, 0.15) is 27.0 Å². The largest absolute Gasteiger partial charge is 0.507 e. The second-order valence-corrected chi connectivity index (χ2v) is 4.96. The van der Waals surface area contributed by atoms with E-state index in [1.165, 1.54) is 13.2 Å². The fraction of sp³-hybridized carbons (Fsp3) is 0.167. The van der Waals surface area contributed by atoms with Crippen LogP contribution in [0.5, 0.6) is 17.2 Å². The molecule has 0 atom stereocenters. The van der Waals surface area contributed by atoms with Crippen LogP contribution in [0.2, 0.25) is 0 Å². The first kappa shape index (κ1) is 15.6. The zero-order valence-corrected chi connectivity index (χ0v) is 12.8. The first-order chi connectivity index (χ1) is 10.5. The van der Waals surface area contributed by atoms with E-state index in [1.807, 2.05) is 30.3 Å². The average Bonchev–Trinajstić information content (AvgIpc) is 2.53. The Labute approximate surface area is 129 Å². The summed E-state index contributed by atoms with van der Waals surface area (Å²) in [5.41, 5.74) is 1.60. The highest BCUT2D eigenvalue weighted by Crippen LogP contribution is 2.41. The van der Waals surface area contributed by atoms with Crippen molar-refractivity contribution in [1.82, 2.24) is 0 Å². The lowest BCUT2D eigenvalue weighted by atomic mass is 9.98. The van der Waals surface area contributed by atoms with Gasteiger partial charge in [0.05, 0.1) is 7.11 Å². The first-order valence-corrected chi connectivity index (χ1v) is 6.84. The van der Waals surface area contributed by atoms with Crippen molar-refractivity contribution in [3.05, 3.63) is 58.7 Å². The molecule has 0 saturated heterocycles. The van der Waals surface area contributed by atoms with Crippen LogP contribution < -0.4 is 4.74 Å². The maximum Gasteiger partial charge on any atom is 0.193 e. The zero-order chi connectivity index (χ0) is 16.3. The van der Waals surface area contributed by atoms with Crippen LogP contribution in [-0.2, 0) is 0 Å². The molecule has 0 aliphatic carbocycles. The van der Waals surface area contributed by atoms with Crippen molar-refractivity contribution in [2.45, 2.75) is 13.8 Å². The van der Waals surface area contributed by atoms with Gasteiger partial charge >= 0.3 is 0 Å². The second kappa shape index (κ2) is 6.35. The number of carbonyl (C=O) groups is 1. The van der Waals surface area contributed by atoms with E-state index in [0.29, 0.717) is 16.9 Å². The van der Waals surface area contributed by atoms with Gasteiger partial charge in [0.1, 0.15) is 22.8 Å². The Bertz CT molecular complexity index is 701. The molecule has 22 heavy (non-hydrogen) atoms. The number of allylic oxidation sites excluding steroid dienone is 1. The van der Waals surface area contributed by atoms with Crippen LogP contribution in [0, 0.1) is 13.8 Å². The number of phenols is 2. The van der Waals surface area contributed by atoms with Crippen LogP contribution in [0.15, 0.2) is 36.4 Å². The molecule has 0 aromatic heterocycles. The molecule has 0 fully saturated rings. The Balaban J connectivity index is 2.45. The molecule has 0 unspecified atom stereocenters. The Morgan fingerprint density at radius 1 is 1.05 bits per heavy atom. The number of rotatable bonds is 4. The molecule has 0 aliphatic heterocycles. The van der Waals surface area contributed by atoms with Crippen molar-refractivity contribution < 1.29 is 19.7 Å². The Morgan fingerprint density at radius 3 is 2.09 bits per heavy atom. The predicted octanol–water partition coefficient (Wildman–Crippen LogP) is 3.62. The summed E-state index contributed by atoms with van der Waals surface area (Å²) < 4.78 is 5.15. The summed E-state index contributed by atoms with van der Waals surface area (Å²) in [5, 5.41) is 20.4. The maximum absolute atomic E-state index is 12.3. The topological polar surface area (TPSA) is 66.8 Å². The van der Waals surface area contributed by atoms with E-state index >= 15 is 0 Å². The molecule has 0 bridgehead atoms. The molecule has 114 valence electrons. The molecule has 2 rings (SSSR count). The highest BCUT2D eigenvalue weighted by Gasteiger charge is 2.23. The Kier molecular flexibility index (Phi) is 4.51. The van der Waals surface area contributed by atoms with Crippen LogP contribution >= 0.6 is 0 Å². The van der Waals surface area contributed by atoms with Crippen LogP contribution in [-0.4, -0.2) is 23.1 Å². The van der Waals surface area contributed by atoms with Crippen molar-refractivity contribution in [2.24, 2.45) is 0 Å². The summed E-state index contributed by atoms with van der Waals surface area (Å²) in [7, 11) is 1.45. The van der Waals surface area contributed by atoms with Crippen LogP contribution in [0.25, 0.3) is 6.08 Å². The standard InChI is InChI=1S/C18H18O4/c1-11-16(20)15(17(21)12(2)18(11)22-3)14(19)10-9-13-7-5-4-6-8-13/h4-10,20-21H,1-3H3. The van der Waals surface area contributed by atoms with Crippen LogP contribution in [0.4, 0.5) is 0 Å². The number of phenolic OH excluding ortho intramolecular Hbond substituents is 2. The smallest absolute Gasteiger partial charge is 0.193 e. The number of methoxy groups -OCH3 is 1. The summed E-state index contributed by atoms with van der Waals surface area (Å²) in [5.74, 6) is -0.614. The van der Waals surface area contributed by atoms with Gasteiger partial charge in [0.2, 0.25) is 0 Å². The summed E-state index contributed by atoms with van der Waals surface area (Å²) in [6.45, 7) is 3.27. The van der Waals surface area contributed by atoms with Gasteiger partial charge in [-0.1, -0.05) is 36.4 Å². The first-order valence-electron chi connectivity index (χ1n) is 6.84. The van der Waals surface area contributed by atoms with Gasteiger partial charge in [0.15, 0.2) is 5.78 Å². The molecule has 0 amide bonds. The third-order valence-electron chi connectivity index (χ3n) is 3.54. The molecule has 4 nitrogen and oxygen atoms in total. The molecular weight excluding hydrogens is 280 g/mol. The fourth-order valence-electron chi connectivity index (χ4n) is 2.34. The van der Waals surface area contributed by atoms with Gasteiger partial charge in [-0.25, -0.2) is 0 Å². The number of ether oxygens (including phenoxy) is 1. The number of carbonyl (C=O) groups excluding carboxylic acids is 1. The molecule has 0 aliphatic rings. The van der Waals surface area contributed by atoms with E-state index in [-0.39, 0.29) is 17.1 Å². The number of aromatic hydroxyl groups is 2. The molecular formula is C18H18O4. The van der Waals surface area contributed by atoms with Crippen molar-refractivity contribution in [1.29, 1.82) is 0 Å². The van der Waals surface area contributed by atoms with E-state index in [9.17, 15) is 15.0 Å². The number of hydrogen-bond acceptors (Lipinski definition) is 4. The minimum Gasteiger partial charge on any atom is -0.507 e. The maximum atomic E-state index is 12.3. The van der Waals surface area contributed by atoms with E-state index < -0.39 is 5.78 Å². The average molecular weight is 298 g/mol. The van der Waals surface area contributed by atoms with Crippen molar-refractivity contribution in [3.63, 3.8) is 0 Å². The lowest BCUT2D eigenvalue weighted by molar-refractivity contribution is 0.104. The van der Waals surface area contributed by atoms with Gasteiger partial charge in [-0.15, -0.1) is 0 Å². The SMILES string of the molecule is COc1c(C)c(O)c(C(=O)C=Cc2ccccc2)c(O)c1C. The van der Waals surface area contributed by atoms with Gasteiger partial charge in [-0.3, -0.25) is 4.79 Å². The molecule has 2 aromatic carbocycles. The quantitative estimate of drug-likeness (QED) is 0.668. The monoisotopic (exact) mass is 298 g/mol. The molecule has 0 heterocycles. The summed E-state index contributed by atoms with van der Waals surface area (Å²) in [6, 6.07) is 9.32. The van der Waals surface area contributed by atoms with E-state index in [0.717, 1.165) is 5.56 Å². The van der Waals surface area contributed by atoms with Crippen molar-refractivity contribution in [3.8, 4) is 17.2 Å². The van der Waals surface area contributed by atoms with Gasteiger partial charge in [0.25, 0.3) is 0 Å². The highest BCUT2D eigenvalue weighted by molar-refractivity contribution is 6.11. The summed E-state index contributed by atoms with van der Waals surface area (Å²) in [6.07, 6.45) is 2.96. The van der Waals surface area contributed by atoms with E-state index in [4.69, 9.17) is 4.74 Å². The molecule has 0 spiro atoms. The fourth-order valence-corrected chi connectivity index (χ4v) is 2.34. The van der Waals surface area contributed by atoms with Gasteiger partial charge < -0.3 is 14.9 Å². The third-order valence-corrected chi connectivity index (χ3v) is 3.54. The number of hydrogen-bond donors (Lipinski definition) is 2. The molecule has 2 aromatic rings. The van der Waals surface area contributed by atoms with Gasteiger partial charge in [-0.05, 0) is 25.5 Å². The number of ketones is 1. The molecule has 2 N–H and O–H groups in total. The molecule has 0 radical (unpaired) electrons. The second-order valence-electron chi connectivity index (χ2n) is 4.96. The van der Waals surface area contributed by atoms with Gasteiger partial charge in [-0.2, -0.15) is 0 Å². The van der Waals surface area contributed by atoms with Crippen LogP contribution in [0.3, 0.4) is 0 Å². The normalized spacial score (nSPS) is 10.9. The number of benzene rings is 2. The molecule has 4 heteroatoms. The third kappa shape index (κ3) is 2.81. The van der Waals surface area contributed by atoms with Crippen molar-refractivity contribution >= 4 is 11.9 Å². The summed E-state index contributed by atoms with van der Waals surface area (Å²) >= 11 is 0. The lowest BCUT2D eigenvalue weighted by Crippen LogP contribution is -2.02. The predicted molar refractivity (Wildman–Crippen MR) is 85.6 cm³/mol. The summed E-state index contributed by atoms with van der Waals surface area (Å²) in [4.78, 5) is 12.3. The van der Waals surface area contributed by atoms with Crippen molar-refractivity contribution in [2.75, 3.05) is 7.11 Å². The minimum absolute atomic E-state index is 0.108. The Morgan fingerprint density at radius 2 is 1.59 bits per heavy atom. The van der Waals surface area contributed by atoms with E-state index in [2.05, 4.69) is 0 Å². The zero-order valence-electron chi connectivity index (χ0n) is 12.8. The van der Waals surface area contributed by atoms with Gasteiger partial charge in [0, 0.05) is 11.1 Å². The minimum atomic E-state index is -0.465. The molecule has 0 saturated carbocycles. The van der Waals surface area contributed by atoms with E-state index in [1.54, 1.807) is 19.9 Å². The lowest BCUT2D eigenvalue weighted by Gasteiger charge is -2.15. The Hall–Kier alpha value is -2.75. The highest BCUT2D eigenvalue weighted by atomic mass is 16.5.